The fraction of sp³-hybridized carbons (Fsp3) is 0.586. The molecule has 0 atom stereocenters. The van der Waals surface area contributed by atoms with Crippen LogP contribution < -0.4 is 9.80 Å². The molecule has 2 saturated heterocycles. The van der Waals surface area contributed by atoms with E-state index in [4.69, 9.17) is 0 Å². The van der Waals surface area contributed by atoms with E-state index in [1.807, 2.05) is 0 Å². The zero-order valence-electron chi connectivity index (χ0n) is 20.2. The molecular formula is C29H42N2. The van der Waals surface area contributed by atoms with Crippen LogP contribution in [0, 0.1) is 0 Å². The Kier molecular flexibility index (Phi) is 7.25. The number of rotatable bonds is 5. The first-order chi connectivity index (χ1) is 15.0. The molecule has 0 aromatic heterocycles. The summed E-state index contributed by atoms with van der Waals surface area (Å²) in [6.45, 7) is 14.1. The zero-order chi connectivity index (χ0) is 21.8. The van der Waals surface area contributed by atoms with Crippen molar-refractivity contribution in [3.63, 3.8) is 0 Å². The van der Waals surface area contributed by atoms with Crippen LogP contribution in [-0.2, 0) is 0 Å². The summed E-state index contributed by atoms with van der Waals surface area (Å²) in [5.74, 6) is 2.16. The molecule has 2 aliphatic heterocycles. The van der Waals surface area contributed by atoms with Crippen molar-refractivity contribution in [3.8, 4) is 0 Å². The Hall–Kier alpha value is -1.96. The Morgan fingerprint density at radius 2 is 1.19 bits per heavy atom. The highest BCUT2D eigenvalue weighted by atomic mass is 15.1. The van der Waals surface area contributed by atoms with Gasteiger partial charge in [-0.2, -0.15) is 0 Å². The van der Waals surface area contributed by atoms with Crippen LogP contribution in [0.5, 0.6) is 0 Å². The van der Waals surface area contributed by atoms with Gasteiger partial charge >= 0.3 is 0 Å². The van der Waals surface area contributed by atoms with E-state index >= 15 is 0 Å². The van der Waals surface area contributed by atoms with Gasteiger partial charge in [0.2, 0.25) is 0 Å². The molecule has 0 unspecified atom stereocenters. The fourth-order valence-corrected chi connectivity index (χ4v) is 4.86. The Bertz CT molecular complexity index is 817. The van der Waals surface area contributed by atoms with Gasteiger partial charge in [-0.1, -0.05) is 45.9 Å². The maximum Gasteiger partial charge on any atom is 0.0371 e. The van der Waals surface area contributed by atoms with Gasteiger partial charge in [0.25, 0.3) is 0 Å². The molecule has 2 aromatic rings. The van der Waals surface area contributed by atoms with Crippen LogP contribution >= 0.6 is 0 Å². The third-order valence-electron chi connectivity index (χ3n) is 7.16. The van der Waals surface area contributed by atoms with Crippen molar-refractivity contribution in [2.24, 2.45) is 0 Å². The number of hydrogen-bond acceptors (Lipinski definition) is 2. The summed E-state index contributed by atoms with van der Waals surface area (Å²) in [5, 5.41) is 0. The molecule has 0 radical (unpaired) electrons. The standard InChI is InChI=1S/C16H23N.C13H19N/c1-12(2)14-9-15(13-5-6-13)11-16(10-14)17-7-3-4-8-17;1-11(2)12-6-5-7-13(10-12)14-8-3-4-9-14/h9-13H,3-8H2,1-2H3;5-7,10-11H,3-4,8-9H2,1-2H3. The Labute approximate surface area is 190 Å². The van der Waals surface area contributed by atoms with Gasteiger partial charge in [-0.15, -0.1) is 0 Å². The van der Waals surface area contributed by atoms with Gasteiger partial charge in [0.1, 0.15) is 0 Å². The van der Waals surface area contributed by atoms with Gasteiger partial charge in [-0.05, 0) is 97.2 Å². The van der Waals surface area contributed by atoms with Crippen LogP contribution in [0.4, 0.5) is 11.4 Å². The molecule has 3 aliphatic rings. The Balaban J connectivity index is 0.000000152. The first-order valence-corrected chi connectivity index (χ1v) is 12.8. The smallest absolute Gasteiger partial charge is 0.0371 e. The van der Waals surface area contributed by atoms with E-state index in [-0.39, 0.29) is 0 Å². The highest BCUT2D eigenvalue weighted by Gasteiger charge is 2.25. The molecule has 0 spiro atoms. The van der Waals surface area contributed by atoms with E-state index in [1.165, 1.54) is 87.2 Å². The van der Waals surface area contributed by atoms with Gasteiger partial charge in [-0.3, -0.25) is 0 Å². The monoisotopic (exact) mass is 418 g/mol. The normalized spacial score (nSPS) is 18.6. The van der Waals surface area contributed by atoms with Crippen LogP contribution in [0.15, 0.2) is 42.5 Å². The maximum absolute atomic E-state index is 2.57. The third-order valence-corrected chi connectivity index (χ3v) is 7.16. The minimum atomic E-state index is 0.637. The van der Waals surface area contributed by atoms with Crippen LogP contribution in [0.3, 0.4) is 0 Å². The highest BCUT2D eigenvalue weighted by molar-refractivity contribution is 5.54. The molecule has 0 bridgehead atoms. The van der Waals surface area contributed by atoms with Crippen molar-refractivity contribution in [2.45, 2.75) is 84.0 Å². The summed E-state index contributed by atoms with van der Waals surface area (Å²) in [5.41, 5.74) is 7.47. The lowest BCUT2D eigenvalue weighted by Crippen LogP contribution is -2.18. The van der Waals surface area contributed by atoms with Gasteiger partial charge < -0.3 is 9.80 Å². The number of hydrogen-bond donors (Lipinski definition) is 0. The van der Waals surface area contributed by atoms with Gasteiger partial charge in [0.05, 0.1) is 0 Å². The lowest BCUT2D eigenvalue weighted by atomic mass is 9.97. The summed E-state index contributed by atoms with van der Waals surface area (Å²) in [6.07, 6.45) is 8.25. The maximum atomic E-state index is 2.57. The molecule has 2 aromatic carbocycles. The second kappa shape index (κ2) is 10.1. The Morgan fingerprint density at radius 1 is 0.645 bits per heavy atom. The molecule has 0 N–H and O–H groups in total. The lowest BCUT2D eigenvalue weighted by molar-refractivity contribution is 0.856. The topological polar surface area (TPSA) is 6.48 Å². The minimum Gasteiger partial charge on any atom is -0.372 e. The predicted molar refractivity (Wildman–Crippen MR) is 136 cm³/mol. The molecule has 3 fully saturated rings. The average molecular weight is 419 g/mol. The van der Waals surface area contributed by atoms with Gasteiger partial charge in [0, 0.05) is 37.6 Å². The molecule has 5 rings (SSSR count). The number of anilines is 2. The molecule has 2 nitrogen and oxygen atoms in total. The van der Waals surface area contributed by atoms with Crippen LogP contribution in [0.1, 0.15) is 101 Å². The molecule has 2 heterocycles. The summed E-state index contributed by atoms with van der Waals surface area (Å²) < 4.78 is 0. The highest BCUT2D eigenvalue weighted by Crippen LogP contribution is 2.42. The SMILES string of the molecule is CC(C)c1cc(C2CC2)cc(N2CCCC2)c1.CC(C)c1cccc(N2CCCC2)c1. The number of benzene rings is 2. The molecule has 0 amide bonds. The van der Waals surface area contributed by atoms with Crippen LogP contribution in [-0.4, -0.2) is 26.2 Å². The summed E-state index contributed by atoms with van der Waals surface area (Å²) in [4.78, 5) is 5.06. The molecule has 2 heteroatoms. The van der Waals surface area contributed by atoms with E-state index in [9.17, 15) is 0 Å². The minimum absolute atomic E-state index is 0.637. The first-order valence-electron chi connectivity index (χ1n) is 12.8. The molecule has 1 saturated carbocycles. The van der Waals surface area contributed by atoms with Crippen molar-refractivity contribution in [3.05, 3.63) is 59.2 Å². The van der Waals surface area contributed by atoms with E-state index in [0.29, 0.717) is 11.8 Å². The summed E-state index contributed by atoms with van der Waals surface area (Å²) in [7, 11) is 0. The molecular weight excluding hydrogens is 376 g/mol. The van der Waals surface area contributed by atoms with Gasteiger partial charge in [0.15, 0.2) is 0 Å². The second-order valence-corrected chi connectivity index (χ2v) is 10.4. The molecule has 31 heavy (non-hydrogen) atoms. The first kappa shape index (κ1) is 22.2. The lowest BCUT2D eigenvalue weighted by Gasteiger charge is -2.21. The predicted octanol–water partition coefficient (Wildman–Crippen LogP) is 7.70. The van der Waals surface area contributed by atoms with Crippen molar-refractivity contribution in [1.82, 2.24) is 0 Å². The van der Waals surface area contributed by atoms with Crippen molar-refractivity contribution in [2.75, 3.05) is 36.0 Å². The number of nitrogens with zero attached hydrogens (tertiary/aromatic N) is 2. The zero-order valence-corrected chi connectivity index (χ0v) is 20.2. The quantitative estimate of drug-likeness (QED) is 0.491. The van der Waals surface area contributed by atoms with Crippen LogP contribution in [0.25, 0.3) is 0 Å². The fourth-order valence-electron chi connectivity index (χ4n) is 4.86. The van der Waals surface area contributed by atoms with Crippen LogP contribution in [0.2, 0.25) is 0 Å². The third kappa shape index (κ3) is 5.84. The average Bonchev–Trinajstić information content (AvgIpc) is 3.24. The van der Waals surface area contributed by atoms with E-state index in [1.54, 1.807) is 5.56 Å². The second-order valence-electron chi connectivity index (χ2n) is 10.4. The van der Waals surface area contributed by atoms with Crippen molar-refractivity contribution >= 4 is 11.4 Å². The largest absolute Gasteiger partial charge is 0.372 e. The van der Waals surface area contributed by atoms with E-state index < -0.39 is 0 Å². The van der Waals surface area contributed by atoms with Gasteiger partial charge in [-0.25, -0.2) is 0 Å². The van der Waals surface area contributed by atoms with Crippen molar-refractivity contribution < 1.29 is 0 Å². The van der Waals surface area contributed by atoms with E-state index in [0.717, 1.165) is 5.92 Å². The Morgan fingerprint density at radius 3 is 1.74 bits per heavy atom. The molecule has 168 valence electrons. The molecule has 1 aliphatic carbocycles. The summed E-state index contributed by atoms with van der Waals surface area (Å²) in [6, 6.07) is 16.3. The summed E-state index contributed by atoms with van der Waals surface area (Å²) >= 11 is 0. The van der Waals surface area contributed by atoms with E-state index in [2.05, 4.69) is 80.0 Å². The van der Waals surface area contributed by atoms with Crippen molar-refractivity contribution in [1.29, 1.82) is 0 Å².